The highest BCUT2D eigenvalue weighted by Crippen LogP contribution is 2.18. The molecule has 0 fully saturated rings. The standard InChI is InChI=1S/C15H17FN2O2S/c1-9-14(21-11(3)18-9)8-17-15(19)10(2)20-13-7-5-4-6-12(13)16/h4-7,10H,8H2,1-3H3,(H,17,19). The molecule has 4 nitrogen and oxygen atoms in total. The van der Waals surface area contributed by atoms with Gasteiger partial charge < -0.3 is 10.1 Å². The number of carbonyl (C=O) groups excluding carboxylic acids is 1. The van der Waals surface area contributed by atoms with Crippen molar-refractivity contribution in [3.8, 4) is 5.75 Å². The molecular formula is C15H17FN2O2S. The zero-order chi connectivity index (χ0) is 15.4. The summed E-state index contributed by atoms with van der Waals surface area (Å²) in [6, 6.07) is 6.02. The number of benzene rings is 1. The monoisotopic (exact) mass is 308 g/mol. The number of hydrogen-bond donors (Lipinski definition) is 1. The average Bonchev–Trinajstić information content (AvgIpc) is 2.76. The molecule has 1 N–H and O–H groups in total. The molecule has 1 heterocycles. The first-order valence-corrected chi connectivity index (χ1v) is 7.41. The van der Waals surface area contributed by atoms with Crippen molar-refractivity contribution in [1.82, 2.24) is 10.3 Å². The van der Waals surface area contributed by atoms with Gasteiger partial charge in [-0.15, -0.1) is 11.3 Å². The smallest absolute Gasteiger partial charge is 0.261 e. The lowest BCUT2D eigenvalue weighted by Crippen LogP contribution is -2.36. The number of aryl methyl sites for hydroxylation is 2. The Morgan fingerprint density at radius 1 is 1.43 bits per heavy atom. The van der Waals surface area contributed by atoms with Crippen LogP contribution in [0.25, 0.3) is 0 Å². The number of hydrogen-bond acceptors (Lipinski definition) is 4. The third-order valence-corrected chi connectivity index (χ3v) is 4.01. The molecule has 2 aromatic rings. The highest BCUT2D eigenvalue weighted by Gasteiger charge is 2.17. The fourth-order valence-corrected chi connectivity index (χ4v) is 2.71. The second-order valence-electron chi connectivity index (χ2n) is 4.65. The van der Waals surface area contributed by atoms with E-state index in [2.05, 4.69) is 10.3 Å². The topological polar surface area (TPSA) is 51.2 Å². The van der Waals surface area contributed by atoms with Crippen LogP contribution in [0.4, 0.5) is 4.39 Å². The molecule has 0 saturated heterocycles. The van der Waals surface area contributed by atoms with E-state index in [4.69, 9.17) is 4.74 Å². The summed E-state index contributed by atoms with van der Waals surface area (Å²) in [6.45, 7) is 5.82. The van der Waals surface area contributed by atoms with Crippen molar-refractivity contribution < 1.29 is 13.9 Å². The van der Waals surface area contributed by atoms with E-state index in [0.717, 1.165) is 15.6 Å². The third kappa shape index (κ3) is 4.01. The highest BCUT2D eigenvalue weighted by atomic mass is 32.1. The number of para-hydroxylation sites is 1. The summed E-state index contributed by atoms with van der Waals surface area (Å²) in [5, 5.41) is 3.74. The Kier molecular flexibility index (Phi) is 4.90. The number of halogens is 1. The molecule has 1 aromatic carbocycles. The lowest BCUT2D eigenvalue weighted by molar-refractivity contribution is -0.127. The zero-order valence-corrected chi connectivity index (χ0v) is 13.0. The maximum Gasteiger partial charge on any atom is 0.261 e. The molecule has 0 aliphatic carbocycles. The van der Waals surface area contributed by atoms with Crippen molar-refractivity contribution in [3.63, 3.8) is 0 Å². The number of nitrogens with one attached hydrogen (secondary N) is 1. The van der Waals surface area contributed by atoms with Crippen molar-refractivity contribution in [1.29, 1.82) is 0 Å². The van der Waals surface area contributed by atoms with Gasteiger partial charge in [0.05, 0.1) is 17.2 Å². The van der Waals surface area contributed by atoms with Crippen molar-refractivity contribution in [2.75, 3.05) is 0 Å². The molecule has 21 heavy (non-hydrogen) atoms. The van der Waals surface area contributed by atoms with Crippen molar-refractivity contribution in [2.24, 2.45) is 0 Å². The molecule has 6 heteroatoms. The Balaban J connectivity index is 1.91. The van der Waals surface area contributed by atoms with Gasteiger partial charge in [-0.25, -0.2) is 9.37 Å². The minimum absolute atomic E-state index is 0.0740. The summed E-state index contributed by atoms with van der Waals surface area (Å²) in [4.78, 5) is 17.3. The number of rotatable bonds is 5. The third-order valence-electron chi connectivity index (χ3n) is 2.93. The number of amides is 1. The van der Waals surface area contributed by atoms with E-state index < -0.39 is 11.9 Å². The highest BCUT2D eigenvalue weighted by molar-refractivity contribution is 7.11. The Morgan fingerprint density at radius 3 is 2.76 bits per heavy atom. The van der Waals surface area contributed by atoms with Gasteiger partial charge in [0.1, 0.15) is 0 Å². The lowest BCUT2D eigenvalue weighted by Gasteiger charge is -2.14. The average molecular weight is 308 g/mol. The van der Waals surface area contributed by atoms with Gasteiger partial charge in [0.2, 0.25) is 0 Å². The summed E-state index contributed by atoms with van der Waals surface area (Å²) in [5.41, 5.74) is 0.917. The van der Waals surface area contributed by atoms with Gasteiger partial charge >= 0.3 is 0 Å². The first kappa shape index (κ1) is 15.4. The second-order valence-corrected chi connectivity index (χ2v) is 5.94. The Morgan fingerprint density at radius 2 is 2.14 bits per heavy atom. The van der Waals surface area contributed by atoms with E-state index in [1.165, 1.54) is 12.1 Å². The number of ether oxygens (including phenoxy) is 1. The van der Waals surface area contributed by atoms with E-state index in [9.17, 15) is 9.18 Å². The van der Waals surface area contributed by atoms with Crippen LogP contribution in [0.1, 0.15) is 22.5 Å². The maximum atomic E-state index is 13.5. The summed E-state index contributed by atoms with van der Waals surface area (Å²) < 4.78 is 18.8. The summed E-state index contributed by atoms with van der Waals surface area (Å²) in [5.74, 6) is -0.695. The Bertz CT molecular complexity index is 642. The largest absolute Gasteiger partial charge is 0.478 e. The normalized spacial score (nSPS) is 12.0. The van der Waals surface area contributed by atoms with Crippen LogP contribution >= 0.6 is 11.3 Å². The van der Waals surface area contributed by atoms with Gasteiger partial charge in [-0.2, -0.15) is 0 Å². The molecule has 0 bridgehead atoms. The molecule has 2 rings (SSSR count). The molecule has 112 valence electrons. The van der Waals surface area contributed by atoms with Gasteiger partial charge in [-0.1, -0.05) is 12.1 Å². The molecule has 1 atom stereocenters. The fraction of sp³-hybridized carbons (Fsp3) is 0.333. The van der Waals surface area contributed by atoms with Crippen LogP contribution < -0.4 is 10.1 Å². The maximum absolute atomic E-state index is 13.5. The lowest BCUT2D eigenvalue weighted by atomic mass is 10.3. The second kappa shape index (κ2) is 6.67. The van der Waals surface area contributed by atoms with E-state index in [1.54, 1.807) is 30.4 Å². The van der Waals surface area contributed by atoms with Crippen molar-refractivity contribution in [3.05, 3.63) is 45.7 Å². The molecule has 1 aromatic heterocycles. The number of nitrogens with zero attached hydrogens (tertiary/aromatic N) is 1. The first-order valence-electron chi connectivity index (χ1n) is 6.59. The van der Waals surface area contributed by atoms with Crippen molar-refractivity contribution in [2.45, 2.75) is 33.4 Å². The minimum Gasteiger partial charge on any atom is -0.478 e. The minimum atomic E-state index is -0.767. The Labute approximate surface area is 127 Å². The Hall–Kier alpha value is -1.95. The van der Waals surface area contributed by atoms with Gasteiger partial charge in [0, 0.05) is 4.88 Å². The number of aromatic nitrogens is 1. The van der Waals surface area contributed by atoms with Gasteiger partial charge in [0.15, 0.2) is 17.7 Å². The molecule has 0 aliphatic rings. The summed E-state index contributed by atoms with van der Waals surface area (Å²) in [6.07, 6.45) is -0.767. The molecular weight excluding hydrogens is 291 g/mol. The number of carbonyl (C=O) groups is 1. The van der Waals surface area contributed by atoms with Crippen LogP contribution in [0.3, 0.4) is 0 Å². The molecule has 0 spiro atoms. The van der Waals surface area contributed by atoms with Gasteiger partial charge in [-0.05, 0) is 32.9 Å². The summed E-state index contributed by atoms with van der Waals surface area (Å²) in [7, 11) is 0. The predicted molar refractivity (Wildman–Crippen MR) is 79.9 cm³/mol. The molecule has 1 unspecified atom stereocenters. The molecule has 0 radical (unpaired) electrons. The van der Waals surface area contributed by atoms with Crippen molar-refractivity contribution >= 4 is 17.2 Å². The molecule has 0 aliphatic heterocycles. The predicted octanol–water partition coefficient (Wildman–Crippen LogP) is 2.98. The van der Waals surface area contributed by atoms with Crippen LogP contribution in [-0.2, 0) is 11.3 Å². The zero-order valence-electron chi connectivity index (χ0n) is 12.1. The van der Waals surface area contributed by atoms with Crippen LogP contribution in [0.2, 0.25) is 0 Å². The summed E-state index contributed by atoms with van der Waals surface area (Å²) >= 11 is 1.55. The van der Waals surface area contributed by atoms with Gasteiger partial charge in [-0.3, -0.25) is 4.79 Å². The van der Waals surface area contributed by atoms with E-state index >= 15 is 0 Å². The number of thiazole rings is 1. The van der Waals surface area contributed by atoms with Crippen LogP contribution in [0.5, 0.6) is 5.75 Å². The van der Waals surface area contributed by atoms with Gasteiger partial charge in [0.25, 0.3) is 5.91 Å². The molecule has 1 amide bonds. The SMILES string of the molecule is Cc1nc(C)c(CNC(=O)C(C)Oc2ccccc2F)s1. The fourth-order valence-electron chi connectivity index (χ4n) is 1.83. The van der Waals surface area contributed by atoms with Crippen LogP contribution in [0, 0.1) is 19.7 Å². The van der Waals surface area contributed by atoms with E-state index in [1.807, 2.05) is 13.8 Å². The van der Waals surface area contributed by atoms with Crippen LogP contribution in [-0.4, -0.2) is 17.0 Å². The van der Waals surface area contributed by atoms with E-state index in [0.29, 0.717) is 6.54 Å². The van der Waals surface area contributed by atoms with E-state index in [-0.39, 0.29) is 11.7 Å². The first-order chi connectivity index (χ1) is 9.97. The molecule has 0 saturated carbocycles. The quantitative estimate of drug-likeness (QED) is 0.924. The van der Waals surface area contributed by atoms with Crippen LogP contribution in [0.15, 0.2) is 24.3 Å².